The standard InChI is InChI=1S/C13H14ClN3O2/c1-8-4-3-5-10(14)12(8)15-7-11-9(13(18)19)6-16-17(11)2/h3-6,15H,7H2,1-2H3,(H,18,19). The molecule has 1 aromatic heterocycles. The van der Waals surface area contributed by atoms with Crippen LogP contribution in [0.4, 0.5) is 5.69 Å². The molecule has 19 heavy (non-hydrogen) atoms. The Bertz CT molecular complexity index is 602. The molecule has 5 nitrogen and oxygen atoms in total. The molecule has 0 saturated heterocycles. The number of aromatic carboxylic acids is 1. The van der Waals surface area contributed by atoms with E-state index in [1.54, 1.807) is 17.8 Å². The van der Waals surface area contributed by atoms with Crippen molar-refractivity contribution >= 4 is 23.3 Å². The molecule has 2 aromatic rings. The van der Waals surface area contributed by atoms with E-state index in [1.165, 1.54) is 6.20 Å². The highest BCUT2D eigenvalue weighted by molar-refractivity contribution is 6.33. The number of benzene rings is 1. The molecule has 6 heteroatoms. The number of nitrogens with zero attached hydrogens (tertiary/aromatic N) is 2. The summed E-state index contributed by atoms with van der Waals surface area (Å²) in [6, 6.07) is 5.60. The van der Waals surface area contributed by atoms with Crippen molar-refractivity contribution in [1.29, 1.82) is 0 Å². The van der Waals surface area contributed by atoms with Gasteiger partial charge in [-0.15, -0.1) is 0 Å². The van der Waals surface area contributed by atoms with Gasteiger partial charge in [-0.25, -0.2) is 4.79 Å². The number of carboxylic acids is 1. The monoisotopic (exact) mass is 279 g/mol. The average Bonchev–Trinajstić information content (AvgIpc) is 2.70. The molecule has 0 fully saturated rings. The van der Waals surface area contributed by atoms with Gasteiger partial charge in [0.25, 0.3) is 0 Å². The molecule has 0 aliphatic heterocycles. The molecular formula is C13H14ClN3O2. The largest absolute Gasteiger partial charge is 0.478 e. The fraction of sp³-hybridized carbons (Fsp3) is 0.231. The van der Waals surface area contributed by atoms with Crippen LogP contribution in [0.25, 0.3) is 0 Å². The van der Waals surface area contributed by atoms with E-state index in [-0.39, 0.29) is 5.56 Å². The Morgan fingerprint density at radius 3 is 2.89 bits per heavy atom. The molecule has 2 rings (SSSR count). The number of aryl methyl sites for hydroxylation is 2. The maximum atomic E-state index is 11.1. The molecular weight excluding hydrogens is 266 g/mol. The number of para-hydroxylation sites is 1. The highest BCUT2D eigenvalue weighted by atomic mass is 35.5. The van der Waals surface area contributed by atoms with E-state index in [0.717, 1.165) is 11.3 Å². The minimum absolute atomic E-state index is 0.194. The molecule has 1 heterocycles. The first kappa shape index (κ1) is 13.4. The van der Waals surface area contributed by atoms with E-state index in [9.17, 15) is 4.79 Å². The molecule has 0 spiro atoms. The van der Waals surface area contributed by atoms with E-state index in [0.29, 0.717) is 17.3 Å². The third-order valence-corrected chi connectivity index (χ3v) is 3.26. The van der Waals surface area contributed by atoms with Crippen molar-refractivity contribution < 1.29 is 9.90 Å². The quantitative estimate of drug-likeness (QED) is 0.903. The van der Waals surface area contributed by atoms with E-state index < -0.39 is 5.97 Å². The minimum Gasteiger partial charge on any atom is -0.478 e. The number of hydrogen-bond acceptors (Lipinski definition) is 3. The maximum Gasteiger partial charge on any atom is 0.339 e. The van der Waals surface area contributed by atoms with Crippen molar-refractivity contribution in [3.8, 4) is 0 Å². The second-order valence-electron chi connectivity index (χ2n) is 4.22. The summed E-state index contributed by atoms with van der Waals surface area (Å²) < 4.78 is 1.54. The SMILES string of the molecule is Cc1cccc(Cl)c1NCc1c(C(=O)O)cnn1C. The van der Waals surface area contributed by atoms with Crippen LogP contribution in [0.1, 0.15) is 21.6 Å². The first-order chi connectivity index (χ1) is 9.00. The van der Waals surface area contributed by atoms with Gasteiger partial charge in [0.15, 0.2) is 0 Å². The van der Waals surface area contributed by atoms with E-state index in [4.69, 9.17) is 16.7 Å². The lowest BCUT2D eigenvalue weighted by atomic mass is 10.2. The number of carboxylic acid groups (broad SMARTS) is 1. The molecule has 0 amide bonds. The molecule has 0 bridgehead atoms. The number of nitrogens with one attached hydrogen (secondary N) is 1. The van der Waals surface area contributed by atoms with Crippen LogP contribution in [0.3, 0.4) is 0 Å². The van der Waals surface area contributed by atoms with Crippen LogP contribution in [0.2, 0.25) is 5.02 Å². The second kappa shape index (κ2) is 5.32. The summed E-state index contributed by atoms with van der Waals surface area (Å²) in [6.07, 6.45) is 1.35. The lowest BCUT2D eigenvalue weighted by molar-refractivity contribution is 0.0695. The Kier molecular flexibility index (Phi) is 3.76. The third kappa shape index (κ3) is 2.71. The van der Waals surface area contributed by atoms with E-state index in [2.05, 4.69) is 10.4 Å². The number of aromatic nitrogens is 2. The summed E-state index contributed by atoms with van der Waals surface area (Å²) in [6.45, 7) is 2.29. The Morgan fingerprint density at radius 2 is 2.26 bits per heavy atom. The molecule has 0 unspecified atom stereocenters. The topological polar surface area (TPSA) is 67.2 Å². The van der Waals surface area contributed by atoms with Gasteiger partial charge in [0.1, 0.15) is 5.56 Å². The molecule has 0 atom stereocenters. The van der Waals surface area contributed by atoms with Gasteiger partial charge in [0.05, 0.1) is 29.1 Å². The minimum atomic E-state index is -0.985. The van der Waals surface area contributed by atoms with Crippen molar-refractivity contribution in [3.05, 3.63) is 46.2 Å². The highest BCUT2D eigenvalue weighted by Crippen LogP contribution is 2.26. The van der Waals surface area contributed by atoms with Gasteiger partial charge in [0, 0.05) is 7.05 Å². The molecule has 0 saturated carbocycles. The Balaban J connectivity index is 2.24. The summed E-state index contributed by atoms with van der Waals surface area (Å²) >= 11 is 6.11. The Hall–Kier alpha value is -2.01. The van der Waals surface area contributed by atoms with Crippen LogP contribution < -0.4 is 5.32 Å². The summed E-state index contributed by atoms with van der Waals surface area (Å²) in [5.74, 6) is -0.985. The fourth-order valence-corrected chi connectivity index (χ4v) is 2.17. The molecule has 100 valence electrons. The van der Waals surface area contributed by atoms with Gasteiger partial charge >= 0.3 is 5.97 Å². The van der Waals surface area contributed by atoms with Gasteiger partial charge in [-0.1, -0.05) is 23.7 Å². The zero-order valence-corrected chi connectivity index (χ0v) is 11.4. The van der Waals surface area contributed by atoms with Gasteiger partial charge in [-0.3, -0.25) is 4.68 Å². The Labute approximate surface area is 115 Å². The smallest absolute Gasteiger partial charge is 0.339 e. The fourth-order valence-electron chi connectivity index (χ4n) is 1.88. The van der Waals surface area contributed by atoms with Crippen LogP contribution in [0, 0.1) is 6.92 Å². The van der Waals surface area contributed by atoms with Gasteiger partial charge in [-0.2, -0.15) is 5.10 Å². The lowest BCUT2D eigenvalue weighted by Crippen LogP contribution is -2.11. The van der Waals surface area contributed by atoms with Crippen molar-refractivity contribution in [2.45, 2.75) is 13.5 Å². The van der Waals surface area contributed by atoms with Crippen LogP contribution in [-0.2, 0) is 13.6 Å². The molecule has 0 aliphatic rings. The van der Waals surface area contributed by atoms with Crippen LogP contribution in [0.5, 0.6) is 0 Å². The zero-order chi connectivity index (χ0) is 14.0. The second-order valence-corrected chi connectivity index (χ2v) is 4.63. The maximum absolute atomic E-state index is 11.1. The first-order valence-electron chi connectivity index (χ1n) is 5.74. The van der Waals surface area contributed by atoms with Crippen molar-refractivity contribution in [1.82, 2.24) is 9.78 Å². The number of anilines is 1. The highest BCUT2D eigenvalue weighted by Gasteiger charge is 2.15. The predicted molar refractivity (Wildman–Crippen MR) is 73.7 cm³/mol. The summed E-state index contributed by atoms with van der Waals surface area (Å²) in [5.41, 5.74) is 2.61. The van der Waals surface area contributed by atoms with Crippen LogP contribution in [-0.4, -0.2) is 20.9 Å². The summed E-state index contributed by atoms with van der Waals surface area (Å²) in [5, 5.41) is 16.8. The molecule has 1 aromatic carbocycles. The van der Waals surface area contributed by atoms with Crippen LogP contribution in [0.15, 0.2) is 24.4 Å². The van der Waals surface area contributed by atoms with Gasteiger partial charge in [0.2, 0.25) is 0 Å². The Morgan fingerprint density at radius 1 is 1.53 bits per heavy atom. The van der Waals surface area contributed by atoms with E-state index >= 15 is 0 Å². The van der Waals surface area contributed by atoms with E-state index in [1.807, 2.05) is 19.1 Å². The molecule has 0 aliphatic carbocycles. The normalized spacial score (nSPS) is 10.5. The summed E-state index contributed by atoms with van der Waals surface area (Å²) in [7, 11) is 1.71. The van der Waals surface area contributed by atoms with Gasteiger partial charge < -0.3 is 10.4 Å². The number of rotatable bonds is 4. The van der Waals surface area contributed by atoms with Gasteiger partial charge in [-0.05, 0) is 18.6 Å². The zero-order valence-electron chi connectivity index (χ0n) is 10.6. The molecule has 0 radical (unpaired) electrons. The number of hydrogen-bond donors (Lipinski definition) is 2. The van der Waals surface area contributed by atoms with Crippen molar-refractivity contribution in [2.24, 2.45) is 7.05 Å². The van der Waals surface area contributed by atoms with Crippen molar-refractivity contribution in [2.75, 3.05) is 5.32 Å². The predicted octanol–water partition coefficient (Wildman–Crippen LogP) is 2.69. The summed E-state index contributed by atoms with van der Waals surface area (Å²) in [4.78, 5) is 11.1. The first-order valence-corrected chi connectivity index (χ1v) is 6.11. The third-order valence-electron chi connectivity index (χ3n) is 2.95. The lowest BCUT2D eigenvalue weighted by Gasteiger charge is -2.12. The number of carbonyl (C=O) groups is 1. The average molecular weight is 280 g/mol. The van der Waals surface area contributed by atoms with Crippen LogP contribution >= 0.6 is 11.6 Å². The van der Waals surface area contributed by atoms with Crippen molar-refractivity contribution in [3.63, 3.8) is 0 Å². The molecule has 2 N–H and O–H groups in total. The number of halogens is 1.